The fraction of sp³-hybridized carbons (Fsp3) is 0.391. The molecule has 0 heterocycles. The maximum absolute atomic E-state index is 12.1. The molecule has 1 fully saturated rings. The van der Waals surface area contributed by atoms with Crippen LogP contribution < -0.4 is 4.90 Å². The van der Waals surface area contributed by atoms with Gasteiger partial charge in [-0.15, -0.1) is 0 Å². The highest BCUT2D eigenvalue weighted by atomic mass is 16.5. The van der Waals surface area contributed by atoms with Crippen molar-refractivity contribution in [1.29, 1.82) is 5.26 Å². The van der Waals surface area contributed by atoms with Gasteiger partial charge >= 0.3 is 5.97 Å². The fourth-order valence-corrected chi connectivity index (χ4v) is 3.91. The van der Waals surface area contributed by atoms with Gasteiger partial charge in [-0.05, 0) is 55.5 Å². The van der Waals surface area contributed by atoms with Crippen LogP contribution in [-0.2, 0) is 9.53 Å². The molecular formula is C23H26N2O2. The van der Waals surface area contributed by atoms with Gasteiger partial charge in [-0.1, -0.05) is 36.8 Å². The van der Waals surface area contributed by atoms with E-state index in [1.165, 1.54) is 0 Å². The third kappa shape index (κ3) is 4.31. The van der Waals surface area contributed by atoms with Crippen molar-refractivity contribution in [2.45, 2.75) is 38.6 Å². The van der Waals surface area contributed by atoms with Crippen molar-refractivity contribution in [3.63, 3.8) is 0 Å². The molecule has 0 aliphatic heterocycles. The van der Waals surface area contributed by atoms with Crippen LogP contribution >= 0.6 is 0 Å². The Morgan fingerprint density at radius 3 is 2.63 bits per heavy atom. The highest BCUT2D eigenvalue weighted by Gasteiger charge is 2.30. The molecule has 4 heteroatoms. The standard InChI is InChI=1S/C23H26N2O2/c1-3-27-23(26)18-8-6-9-21(15-18)25(2)20-13-11-17(12-14-20)22-10-5-4-7-19(22)16-24/h4-5,7,10-14,18,21H,3,6,8-9,15H2,1-2H3. The van der Waals surface area contributed by atoms with Crippen molar-refractivity contribution < 1.29 is 9.53 Å². The number of rotatable bonds is 5. The van der Waals surface area contributed by atoms with Gasteiger partial charge in [-0.3, -0.25) is 4.79 Å². The summed E-state index contributed by atoms with van der Waals surface area (Å²) in [5.41, 5.74) is 3.80. The molecule has 0 spiro atoms. The number of benzene rings is 2. The normalized spacial score (nSPS) is 19.1. The number of carbonyl (C=O) groups excluding carboxylic acids is 1. The van der Waals surface area contributed by atoms with Gasteiger partial charge in [0.1, 0.15) is 0 Å². The molecule has 0 radical (unpaired) electrons. The monoisotopic (exact) mass is 362 g/mol. The SMILES string of the molecule is CCOC(=O)C1CCCC(N(C)c2ccc(-c3ccccc3C#N)cc2)C1. The average molecular weight is 362 g/mol. The molecule has 27 heavy (non-hydrogen) atoms. The minimum absolute atomic E-state index is 0.00734. The van der Waals surface area contributed by atoms with Gasteiger partial charge in [0.15, 0.2) is 0 Å². The van der Waals surface area contributed by atoms with Gasteiger partial charge in [0.05, 0.1) is 24.2 Å². The van der Waals surface area contributed by atoms with Gasteiger partial charge < -0.3 is 9.64 Å². The molecule has 140 valence electrons. The first-order valence-corrected chi connectivity index (χ1v) is 9.63. The molecule has 0 aromatic heterocycles. The number of esters is 1. The molecule has 0 bridgehead atoms. The smallest absolute Gasteiger partial charge is 0.308 e. The molecule has 2 aromatic rings. The van der Waals surface area contributed by atoms with Gasteiger partial charge in [0.25, 0.3) is 0 Å². The lowest BCUT2D eigenvalue weighted by molar-refractivity contribution is -0.149. The van der Waals surface area contributed by atoms with Crippen LogP contribution in [0, 0.1) is 17.2 Å². The summed E-state index contributed by atoms with van der Waals surface area (Å²) in [5.74, 6) is -0.0491. The molecule has 1 saturated carbocycles. The molecule has 3 rings (SSSR count). The first-order chi connectivity index (χ1) is 13.1. The van der Waals surface area contributed by atoms with Crippen LogP contribution in [-0.4, -0.2) is 25.7 Å². The largest absolute Gasteiger partial charge is 0.466 e. The quantitative estimate of drug-likeness (QED) is 0.718. The molecule has 2 aromatic carbocycles. The van der Waals surface area contributed by atoms with Crippen LogP contribution in [0.1, 0.15) is 38.2 Å². The summed E-state index contributed by atoms with van der Waals surface area (Å²) in [6, 6.07) is 18.6. The Hall–Kier alpha value is -2.80. The van der Waals surface area contributed by atoms with E-state index < -0.39 is 0 Å². The molecule has 2 atom stereocenters. The highest BCUT2D eigenvalue weighted by molar-refractivity contribution is 5.73. The summed E-state index contributed by atoms with van der Waals surface area (Å²) in [7, 11) is 2.09. The predicted molar refractivity (Wildman–Crippen MR) is 107 cm³/mol. The first kappa shape index (κ1) is 19.0. The Labute approximate surface area is 161 Å². The minimum Gasteiger partial charge on any atom is -0.466 e. The van der Waals surface area contributed by atoms with E-state index in [2.05, 4.69) is 42.3 Å². The molecule has 0 N–H and O–H groups in total. The van der Waals surface area contributed by atoms with E-state index in [4.69, 9.17) is 4.74 Å². The molecular weight excluding hydrogens is 336 g/mol. The summed E-state index contributed by atoms with van der Waals surface area (Å²) in [6.07, 6.45) is 3.90. The maximum atomic E-state index is 12.1. The summed E-state index contributed by atoms with van der Waals surface area (Å²) >= 11 is 0. The lowest BCUT2D eigenvalue weighted by Crippen LogP contribution is -2.38. The van der Waals surface area contributed by atoms with Gasteiger partial charge in [-0.2, -0.15) is 5.26 Å². The van der Waals surface area contributed by atoms with Crippen molar-refractivity contribution in [2.75, 3.05) is 18.6 Å². The van der Waals surface area contributed by atoms with E-state index in [1.807, 2.05) is 31.2 Å². The summed E-state index contributed by atoms with van der Waals surface area (Å²) < 4.78 is 5.22. The van der Waals surface area contributed by atoms with E-state index in [0.29, 0.717) is 18.2 Å². The zero-order valence-electron chi connectivity index (χ0n) is 16.0. The number of nitrogens with zero attached hydrogens (tertiary/aromatic N) is 2. The van der Waals surface area contributed by atoms with Crippen LogP contribution in [0.4, 0.5) is 5.69 Å². The minimum atomic E-state index is -0.0564. The van der Waals surface area contributed by atoms with Crippen molar-refractivity contribution in [3.05, 3.63) is 54.1 Å². The van der Waals surface area contributed by atoms with E-state index in [-0.39, 0.29) is 11.9 Å². The van der Waals surface area contributed by atoms with E-state index in [0.717, 1.165) is 42.5 Å². The Balaban J connectivity index is 1.73. The lowest BCUT2D eigenvalue weighted by atomic mass is 9.85. The Bertz CT molecular complexity index is 823. The van der Waals surface area contributed by atoms with Crippen LogP contribution in [0.3, 0.4) is 0 Å². The number of hydrogen-bond donors (Lipinski definition) is 0. The van der Waals surface area contributed by atoms with Crippen LogP contribution in [0.15, 0.2) is 48.5 Å². The molecule has 2 unspecified atom stereocenters. The van der Waals surface area contributed by atoms with E-state index in [9.17, 15) is 10.1 Å². The fourth-order valence-electron chi connectivity index (χ4n) is 3.91. The first-order valence-electron chi connectivity index (χ1n) is 9.63. The predicted octanol–water partition coefficient (Wildman–Crippen LogP) is 4.78. The third-order valence-corrected chi connectivity index (χ3v) is 5.45. The molecule has 0 saturated heterocycles. The highest BCUT2D eigenvalue weighted by Crippen LogP contribution is 2.32. The second-order valence-electron chi connectivity index (χ2n) is 7.08. The Kier molecular flexibility index (Phi) is 6.13. The van der Waals surface area contributed by atoms with Crippen molar-refractivity contribution in [1.82, 2.24) is 0 Å². The number of hydrogen-bond acceptors (Lipinski definition) is 4. The van der Waals surface area contributed by atoms with Crippen molar-refractivity contribution >= 4 is 11.7 Å². The second-order valence-corrected chi connectivity index (χ2v) is 7.08. The molecule has 1 aliphatic carbocycles. The number of ether oxygens (including phenoxy) is 1. The topological polar surface area (TPSA) is 53.3 Å². The average Bonchev–Trinajstić information content (AvgIpc) is 2.73. The summed E-state index contributed by atoms with van der Waals surface area (Å²) in [4.78, 5) is 14.4. The molecule has 0 amide bonds. The number of carbonyl (C=O) groups is 1. The van der Waals surface area contributed by atoms with Gasteiger partial charge in [-0.25, -0.2) is 0 Å². The molecule has 1 aliphatic rings. The van der Waals surface area contributed by atoms with Gasteiger partial charge in [0, 0.05) is 18.8 Å². The van der Waals surface area contributed by atoms with Gasteiger partial charge in [0.2, 0.25) is 0 Å². The molecule has 4 nitrogen and oxygen atoms in total. The van der Waals surface area contributed by atoms with E-state index in [1.54, 1.807) is 0 Å². The van der Waals surface area contributed by atoms with Crippen LogP contribution in [0.2, 0.25) is 0 Å². The lowest BCUT2D eigenvalue weighted by Gasteiger charge is -2.36. The summed E-state index contributed by atoms with van der Waals surface area (Å²) in [5, 5.41) is 9.30. The number of anilines is 1. The van der Waals surface area contributed by atoms with Crippen molar-refractivity contribution in [2.24, 2.45) is 5.92 Å². The van der Waals surface area contributed by atoms with Crippen LogP contribution in [0.25, 0.3) is 11.1 Å². The Morgan fingerprint density at radius 1 is 1.19 bits per heavy atom. The second kappa shape index (κ2) is 8.73. The zero-order chi connectivity index (χ0) is 19.2. The van der Waals surface area contributed by atoms with Crippen LogP contribution in [0.5, 0.6) is 0 Å². The van der Waals surface area contributed by atoms with Crippen molar-refractivity contribution in [3.8, 4) is 17.2 Å². The van der Waals surface area contributed by atoms with E-state index >= 15 is 0 Å². The number of nitriles is 1. The Morgan fingerprint density at radius 2 is 1.93 bits per heavy atom. The summed E-state index contributed by atoms with van der Waals surface area (Å²) in [6.45, 7) is 2.30. The zero-order valence-corrected chi connectivity index (χ0v) is 16.0. The maximum Gasteiger partial charge on any atom is 0.308 e. The third-order valence-electron chi connectivity index (χ3n) is 5.45.